The van der Waals surface area contributed by atoms with Crippen LogP contribution < -0.4 is 5.32 Å². The summed E-state index contributed by atoms with van der Waals surface area (Å²) < 4.78 is 7.13. The summed E-state index contributed by atoms with van der Waals surface area (Å²) in [6, 6.07) is 0.580. The molecular formula is C9H16N4O. The lowest BCUT2D eigenvalue weighted by Gasteiger charge is -2.34. The monoisotopic (exact) mass is 196 g/mol. The zero-order valence-corrected chi connectivity index (χ0v) is 8.60. The van der Waals surface area contributed by atoms with Gasteiger partial charge in [-0.2, -0.15) is 0 Å². The quantitative estimate of drug-likeness (QED) is 0.741. The number of methoxy groups -OCH3 is 1. The molecule has 1 fully saturated rings. The minimum Gasteiger partial charge on any atom is -0.381 e. The van der Waals surface area contributed by atoms with Crippen molar-refractivity contribution in [2.75, 3.05) is 7.11 Å². The Morgan fingerprint density at radius 1 is 1.64 bits per heavy atom. The molecule has 1 saturated carbocycles. The van der Waals surface area contributed by atoms with E-state index in [-0.39, 0.29) is 0 Å². The van der Waals surface area contributed by atoms with Crippen LogP contribution in [0.1, 0.15) is 18.7 Å². The molecule has 5 heteroatoms. The highest BCUT2D eigenvalue weighted by atomic mass is 16.5. The molecule has 1 heterocycles. The molecule has 0 radical (unpaired) electrons. The second-order valence-electron chi connectivity index (χ2n) is 3.77. The molecule has 2 rings (SSSR count). The fourth-order valence-electron chi connectivity index (χ4n) is 1.63. The van der Waals surface area contributed by atoms with Gasteiger partial charge in [0, 0.05) is 20.2 Å². The molecule has 0 aliphatic heterocycles. The van der Waals surface area contributed by atoms with E-state index in [1.165, 1.54) is 0 Å². The standard InChI is InChI=1S/C9H16N4O/c1-13-6-11-12-9(13)5-10-7-3-8(4-7)14-2/h6-8,10H,3-5H2,1-2H3. The van der Waals surface area contributed by atoms with Gasteiger partial charge >= 0.3 is 0 Å². The molecule has 1 N–H and O–H groups in total. The summed E-state index contributed by atoms with van der Waals surface area (Å²) in [7, 11) is 3.72. The smallest absolute Gasteiger partial charge is 0.146 e. The van der Waals surface area contributed by atoms with Gasteiger partial charge in [0.2, 0.25) is 0 Å². The van der Waals surface area contributed by atoms with E-state index in [4.69, 9.17) is 4.74 Å². The summed E-state index contributed by atoms with van der Waals surface area (Å²) >= 11 is 0. The fraction of sp³-hybridized carbons (Fsp3) is 0.778. The first-order valence-corrected chi connectivity index (χ1v) is 4.88. The number of aromatic nitrogens is 3. The maximum atomic E-state index is 5.20. The second-order valence-corrected chi connectivity index (χ2v) is 3.77. The highest BCUT2D eigenvalue weighted by Gasteiger charge is 2.28. The molecule has 5 nitrogen and oxygen atoms in total. The summed E-state index contributed by atoms with van der Waals surface area (Å²) in [6.07, 6.45) is 4.38. The Morgan fingerprint density at radius 3 is 3.00 bits per heavy atom. The number of nitrogens with zero attached hydrogens (tertiary/aromatic N) is 3. The molecule has 1 aliphatic carbocycles. The van der Waals surface area contributed by atoms with Gasteiger partial charge < -0.3 is 14.6 Å². The topological polar surface area (TPSA) is 52.0 Å². The van der Waals surface area contributed by atoms with E-state index in [2.05, 4.69) is 15.5 Å². The lowest BCUT2D eigenvalue weighted by Crippen LogP contribution is -2.44. The maximum Gasteiger partial charge on any atom is 0.146 e. The molecule has 1 aromatic heterocycles. The van der Waals surface area contributed by atoms with Crippen LogP contribution in [0.3, 0.4) is 0 Å². The van der Waals surface area contributed by atoms with Gasteiger partial charge in [-0.05, 0) is 12.8 Å². The Balaban J connectivity index is 1.72. The van der Waals surface area contributed by atoms with Gasteiger partial charge in [-0.15, -0.1) is 10.2 Å². The number of nitrogens with one attached hydrogen (secondary N) is 1. The normalized spacial score (nSPS) is 26.1. The minimum atomic E-state index is 0.451. The third-order valence-electron chi connectivity index (χ3n) is 2.78. The van der Waals surface area contributed by atoms with E-state index in [9.17, 15) is 0 Å². The van der Waals surface area contributed by atoms with E-state index in [0.717, 1.165) is 25.2 Å². The number of hydrogen-bond acceptors (Lipinski definition) is 4. The molecular weight excluding hydrogens is 180 g/mol. The number of rotatable bonds is 4. The van der Waals surface area contributed by atoms with Crippen molar-refractivity contribution in [3.8, 4) is 0 Å². The van der Waals surface area contributed by atoms with Crippen LogP contribution in [0.15, 0.2) is 6.33 Å². The maximum absolute atomic E-state index is 5.20. The highest BCUT2D eigenvalue weighted by Crippen LogP contribution is 2.22. The molecule has 0 aromatic carbocycles. The van der Waals surface area contributed by atoms with Crippen molar-refractivity contribution in [2.24, 2.45) is 7.05 Å². The Bertz CT molecular complexity index is 293. The Morgan fingerprint density at radius 2 is 2.43 bits per heavy atom. The first-order valence-electron chi connectivity index (χ1n) is 4.88. The minimum absolute atomic E-state index is 0.451. The van der Waals surface area contributed by atoms with Crippen LogP contribution in [0.2, 0.25) is 0 Å². The molecule has 0 bridgehead atoms. The van der Waals surface area contributed by atoms with Crippen LogP contribution in [0, 0.1) is 0 Å². The molecule has 0 unspecified atom stereocenters. The second kappa shape index (κ2) is 4.06. The van der Waals surface area contributed by atoms with E-state index in [1.54, 1.807) is 13.4 Å². The zero-order valence-electron chi connectivity index (χ0n) is 8.60. The molecule has 1 aliphatic rings. The number of ether oxygens (including phenoxy) is 1. The van der Waals surface area contributed by atoms with Gasteiger partial charge in [-0.3, -0.25) is 0 Å². The van der Waals surface area contributed by atoms with Gasteiger partial charge in [0.15, 0.2) is 0 Å². The van der Waals surface area contributed by atoms with Crippen molar-refractivity contribution in [3.05, 3.63) is 12.2 Å². The van der Waals surface area contributed by atoms with Crippen molar-refractivity contribution in [3.63, 3.8) is 0 Å². The number of aryl methyl sites for hydroxylation is 1. The summed E-state index contributed by atoms with van der Waals surface area (Å²) in [5.74, 6) is 0.978. The van der Waals surface area contributed by atoms with Crippen LogP contribution >= 0.6 is 0 Å². The van der Waals surface area contributed by atoms with Crippen molar-refractivity contribution in [2.45, 2.75) is 31.5 Å². The van der Waals surface area contributed by atoms with Crippen molar-refractivity contribution in [1.82, 2.24) is 20.1 Å². The highest BCUT2D eigenvalue weighted by molar-refractivity contribution is 4.89. The van der Waals surface area contributed by atoms with Crippen molar-refractivity contribution >= 4 is 0 Å². The SMILES string of the molecule is COC1CC(NCc2nncn2C)C1. The average Bonchev–Trinajstić information content (AvgIpc) is 2.49. The van der Waals surface area contributed by atoms with E-state index >= 15 is 0 Å². The number of hydrogen-bond donors (Lipinski definition) is 1. The Hall–Kier alpha value is -0.940. The predicted octanol–water partition coefficient (Wildman–Crippen LogP) is 0.0821. The third kappa shape index (κ3) is 1.93. The molecule has 0 saturated heterocycles. The molecule has 14 heavy (non-hydrogen) atoms. The summed E-state index contributed by atoms with van der Waals surface area (Å²) in [6.45, 7) is 0.789. The summed E-state index contributed by atoms with van der Waals surface area (Å²) in [5, 5.41) is 11.3. The summed E-state index contributed by atoms with van der Waals surface area (Å²) in [5.41, 5.74) is 0. The predicted molar refractivity (Wildman–Crippen MR) is 51.7 cm³/mol. The van der Waals surface area contributed by atoms with Crippen molar-refractivity contribution < 1.29 is 4.74 Å². The van der Waals surface area contributed by atoms with Crippen LogP contribution in [-0.2, 0) is 18.3 Å². The van der Waals surface area contributed by atoms with Crippen molar-refractivity contribution in [1.29, 1.82) is 0 Å². The summed E-state index contributed by atoms with van der Waals surface area (Å²) in [4.78, 5) is 0. The Labute approximate surface area is 83.5 Å². The largest absolute Gasteiger partial charge is 0.381 e. The van der Waals surface area contributed by atoms with Gasteiger partial charge in [0.25, 0.3) is 0 Å². The lowest BCUT2D eigenvalue weighted by atomic mass is 9.89. The zero-order chi connectivity index (χ0) is 9.97. The van der Waals surface area contributed by atoms with Crippen LogP contribution in [0.4, 0.5) is 0 Å². The lowest BCUT2D eigenvalue weighted by molar-refractivity contribution is 0.0167. The van der Waals surface area contributed by atoms with Gasteiger partial charge in [0.1, 0.15) is 12.2 Å². The van der Waals surface area contributed by atoms with Gasteiger partial charge in [-0.25, -0.2) is 0 Å². The van der Waals surface area contributed by atoms with Crippen LogP contribution in [0.5, 0.6) is 0 Å². The van der Waals surface area contributed by atoms with Gasteiger partial charge in [0.05, 0.1) is 12.6 Å². The first-order chi connectivity index (χ1) is 6.79. The molecule has 0 atom stereocenters. The van der Waals surface area contributed by atoms with E-state index in [1.807, 2.05) is 11.6 Å². The third-order valence-corrected chi connectivity index (χ3v) is 2.78. The van der Waals surface area contributed by atoms with E-state index in [0.29, 0.717) is 12.1 Å². The molecule has 1 aromatic rings. The average molecular weight is 196 g/mol. The van der Waals surface area contributed by atoms with Crippen LogP contribution in [0.25, 0.3) is 0 Å². The van der Waals surface area contributed by atoms with Gasteiger partial charge in [-0.1, -0.05) is 0 Å². The first kappa shape index (κ1) is 9.61. The Kier molecular flexibility index (Phi) is 2.79. The molecule has 0 amide bonds. The fourth-order valence-corrected chi connectivity index (χ4v) is 1.63. The van der Waals surface area contributed by atoms with E-state index < -0.39 is 0 Å². The molecule has 78 valence electrons. The molecule has 0 spiro atoms. The van der Waals surface area contributed by atoms with Crippen LogP contribution in [-0.4, -0.2) is 34.0 Å².